The van der Waals surface area contributed by atoms with Crippen molar-refractivity contribution in [2.24, 2.45) is 0 Å². The number of likely N-dealkylation sites (N-methyl/N-ethyl adjacent to an activating group) is 1. The number of rotatable bonds is 3. The van der Waals surface area contributed by atoms with Gasteiger partial charge in [0.2, 0.25) is 0 Å². The minimum Gasteiger partial charge on any atom is -0.465 e. The zero-order chi connectivity index (χ0) is 14.9. The Labute approximate surface area is 112 Å². The predicted octanol–water partition coefficient (Wildman–Crippen LogP) is 1.92. The van der Waals surface area contributed by atoms with Crippen molar-refractivity contribution < 1.29 is 23.1 Å². The number of alkyl halides is 3. The number of likely N-dealkylation sites (tertiary alicyclic amines) is 1. The Morgan fingerprint density at radius 2 is 2.10 bits per heavy atom. The van der Waals surface area contributed by atoms with Gasteiger partial charge in [0.05, 0.1) is 6.04 Å². The van der Waals surface area contributed by atoms with E-state index in [4.69, 9.17) is 5.11 Å². The summed E-state index contributed by atoms with van der Waals surface area (Å²) in [6.07, 6.45) is -6.07. The number of carbonyl (C=O) groups is 1. The highest BCUT2D eigenvalue weighted by atomic mass is 19.4. The Morgan fingerprint density at radius 3 is 2.60 bits per heavy atom. The van der Waals surface area contributed by atoms with Crippen LogP contribution in [0.15, 0.2) is 12.1 Å². The predicted molar refractivity (Wildman–Crippen MR) is 65.8 cm³/mol. The Morgan fingerprint density at radius 1 is 1.45 bits per heavy atom. The average molecular weight is 290 g/mol. The second kappa shape index (κ2) is 5.16. The van der Waals surface area contributed by atoms with Crippen molar-refractivity contribution in [3.8, 4) is 0 Å². The van der Waals surface area contributed by atoms with Crippen LogP contribution in [0, 0.1) is 0 Å². The molecular weight excluding hydrogens is 277 g/mol. The number of pyridine rings is 1. The van der Waals surface area contributed by atoms with Crippen molar-refractivity contribution in [1.29, 1.82) is 0 Å². The summed E-state index contributed by atoms with van der Waals surface area (Å²) in [6, 6.07) is 1.90. The Balaban J connectivity index is 2.23. The summed E-state index contributed by atoms with van der Waals surface area (Å²) < 4.78 is 38.1. The molecule has 0 radical (unpaired) electrons. The molecule has 1 aromatic rings. The minimum absolute atomic E-state index is 0.00155. The standard InChI is InChI=1S/C11H13F3N4O2/c1-18-4-7(5-18)15-9-3-6(16-10(19)20)2-8(17-9)11(12,13)14/h2-3,7H,4-5H2,1H3,(H,19,20)(H2,15,16,17). The second-order valence-electron chi connectivity index (χ2n) is 4.62. The third-order valence-corrected chi connectivity index (χ3v) is 2.78. The number of anilines is 2. The number of carboxylic acid groups (broad SMARTS) is 1. The maximum Gasteiger partial charge on any atom is 0.433 e. The normalized spacial score (nSPS) is 16.6. The van der Waals surface area contributed by atoms with Crippen LogP contribution < -0.4 is 10.6 Å². The first-order valence-corrected chi connectivity index (χ1v) is 5.78. The van der Waals surface area contributed by atoms with Gasteiger partial charge in [-0.25, -0.2) is 9.78 Å². The number of amides is 1. The minimum atomic E-state index is -4.64. The molecule has 0 unspecified atom stereocenters. The largest absolute Gasteiger partial charge is 0.465 e. The van der Waals surface area contributed by atoms with E-state index >= 15 is 0 Å². The van der Waals surface area contributed by atoms with Crippen LogP contribution in [0.25, 0.3) is 0 Å². The lowest BCUT2D eigenvalue weighted by molar-refractivity contribution is -0.141. The fourth-order valence-electron chi connectivity index (χ4n) is 1.94. The van der Waals surface area contributed by atoms with Crippen molar-refractivity contribution in [1.82, 2.24) is 9.88 Å². The molecule has 1 aliphatic rings. The first-order valence-electron chi connectivity index (χ1n) is 5.78. The molecule has 3 N–H and O–H groups in total. The summed E-state index contributed by atoms with van der Waals surface area (Å²) in [5, 5.41) is 13.3. The Kier molecular flexibility index (Phi) is 3.71. The quantitative estimate of drug-likeness (QED) is 0.792. The molecule has 1 aromatic heterocycles. The average Bonchev–Trinajstić information content (AvgIpc) is 2.24. The summed E-state index contributed by atoms with van der Waals surface area (Å²) in [7, 11) is 1.88. The lowest BCUT2D eigenvalue weighted by Gasteiger charge is -2.37. The third kappa shape index (κ3) is 3.50. The molecule has 2 heterocycles. The fourth-order valence-corrected chi connectivity index (χ4v) is 1.94. The van der Waals surface area contributed by atoms with Gasteiger partial charge in [0.15, 0.2) is 0 Å². The SMILES string of the molecule is CN1CC(Nc2cc(NC(=O)O)cc(C(F)(F)F)n2)C1. The van der Waals surface area contributed by atoms with Crippen LogP contribution >= 0.6 is 0 Å². The number of hydrogen-bond donors (Lipinski definition) is 3. The molecule has 1 saturated heterocycles. The van der Waals surface area contributed by atoms with E-state index in [1.807, 2.05) is 17.3 Å². The summed E-state index contributed by atoms with van der Waals surface area (Å²) >= 11 is 0. The Bertz CT molecular complexity index is 515. The van der Waals surface area contributed by atoms with Gasteiger partial charge in [0.25, 0.3) is 0 Å². The number of hydrogen-bond acceptors (Lipinski definition) is 4. The fraction of sp³-hybridized carbons (Fsp3) is 0.455. The van der Waals surface area contributed by atoms with E-state index in [1.165, 1.54) is 6.07 Å². The third-order valence-electron chi connectivity index (χ3n) is 2.78. The zero-order valence-corrected chi connectivity index (χ0v) is 10.5. The van der Waals surface area contributed by atoms with E-state index in [1.54, 1.807) is 0 Å². The molecule has 0 bridgehead atoms. The second-order valence-corrected chi connectivity index (χ2v) is 4.62. The van der Waals surface area contributed by atoms with Gasteiger partial charge in [-0.2, -0.15) is 13.2 Å². The van der Waals surface area contributed by atoms with Crippen LogP contribution in [0.5, 0.6) is 0 Å². The number of halogens is 3. The first kappa shape index (κ1) is 14.4. The lowest BCUT2D eigenvalue weighted by atomic mass is 10.1. The molecule has 1 amide bonds. The smallest absolute Gasteiger partial charge is 0.433 e. The topological polar surface area (TPSA) is 77.5 Å². The van der Waals surface area contributed by atoms with Crippen LogP contribution in [0.3, 0.4) is 0 Å². The number of nitrogens with zero attached hydrogens (tertiary/aromatic N) is 2. The van der Waals surface area contributed by atoms with Gasteiger partial charge in [-0.15, -0.1) is 0 Å². The van der Waals surface area contributed by atoms with Crippen LogP contribution in [0.1, 0.15) is 5.69 Å². The van der Waals surface area contributed by atoms with Gasteiger partial charge in [-0.1, -0.05) is 0 Å². The molecule has 1 aliphatic heterocycles. The van der Waals surface area contributed by atoms with Gasteiger partial charge in [-0.05, 0) is 13.1 Å². The van der Waals surface area contributed by atoms with Crippen LogP contribution in [0.2, 0.25) is 0 Å². The molecule has 0 saturated carbocycles. The van der Waals surface area contributed by atoms with E-state index in [2.05, 4.69) is 10.3 Å². The molecule has 0 atom stereocenters. The molecule has 20 heavy (non-hydrogen) atoms. The Hall–Kier alpha value is -2.03. The van der Waals surface area contributed by atoms with E-state index < -0.39 is 18.0 Å². The van der Waals surface area contributed by atoms with Crippen LogP contribution in [0.4, 0.5) is 29.5 Å². The van der Waals surface area contributed by atoms with E-state index in [0.29, 0.717) is 19.2 Å². The zero-order valence-electron chi connectivity index (χ0n) is 10.5. The monoisotopic (exact) mass is 290 g/mol. The summed E-state index contributed by atoms with van der Waals surface area (Å²) in [6.45, 7) is 1.39. The number of nitrogens with one attached hydrogen (secondary N) is 2. The van der Waals surface area contributed by atoms with E-state index in [9.17, 15) is 18.0 Å². The summed E-state index contributed by atoms with van der Waals surface area (Å²) in [5.41, 5.74) is -1.31. The van der Waals surface area contributed by atoms with Gasteiger partial charge < -0.3 is 15.3 Å². The molecule has 110 valence electrons. The first-order chi connectivity index (χ1) is 9.24. The van der Waals surface area contributed by atoms with Crippen molar-refractivity contribution >= 4 is 17.6 Å². The van der Waals surface area contributed by atoms with Crippen molar-refractivity contribution in [3.63, 3.8) is 0 Å². The maximum absolute atomic E-state index is 12.7. The van der Waals surface area contributed by atoms with Crippen LogP contribution in [-0.4, -0.2) is 47.3 Å². The van der Waals surface area contributed by atoms with Crippen molar-refractivity contribution in [2.75, 3.05) is 30.8 Å². The highest BCUT2D eigenvalue weighted by Crippen LogP contribution is 2.31. The molecule has 0 aromatic carbocycles. The van der Waals surface area contributed by atoms with E-state index in [0.717, 1.165) is 0 Å². The van der Waals surface area contributed by atoms with Gasteiger partial charge in [0, 0.05) is 24.8 Å². The maximum atomic E-state index is 12.7. The van der Waals surface area contributed by atoms with Gasteiger partial charge in [-0.3, -0.25) is 5.32 Å². The molecule has 0 aliphatic carbocycles. The molecule has 2 rings (SSSR count). The van der Waals surface area contributed by atoms with Gasteiger partial charge >= 0.3 is 12.3 Å². The number of aromatic nitrogens is 1. The summed E-state index contributed by atoms with van der Waals surface area (Å²) in [4.78, 5) is 16.0. The van der Waals surface area contributed by atoms with E-state index in [-0.39, 0.29) is 17.5 Å². The highest BCUT2D eigenvalue weighted by molar-refractivity contribution is 5.83. The van der Waals surface area contributed by atoms with Gasteiger partial charge in [0.1, 0.15) is 11.5 Å². The molecule has 1 fully saturated rings. The molecule has 6 nitrogen and oxygen atoms in total. The lowest BCUT2D eigenvalue weighted by Crippen LogP contribution is -2.52. The summed E-state index contributed by atoms with van der Waals surface area (Å²) in [5.74, 6) is 0.00155. The van der Waals surface area contributed by atoms with Crippen molar-refractivity contribution in [3.05, 3.63) is 17.8 Å². The van der Waals surface area contributed by atoms with Crippen LogP contribution in [-0.2, 0) is 6.18 Å². The highest BCUT2D eigenvalue weighted by Gasteiger charge is 2.34. The molecular formula is C11H13F3N4O2. The molecule has 9 heteroatoms. The molecule has 0 spiro atoms. The van der Waals surface area contributed by atoms with Crippen molar-refractivity contribution in [2.45, 2.75) is 12.2 Å².